The number of rotatable bonds is 4. The molecule has 0 saturated heterocycles. The Hall–Kier alpha value is -2.02. The van der Waals surface area contributed by atoms with Crippen LogP contribution in [0.15, 0.2) is 34.8 Å². The Balaban J connectivity index is 2.17. The van der Waals surface area contributed by atoms with E-state index in [0.29, 0.717) is 4.47 Å². The first-order valence-corrected chi connectivity index (χ1v) is 6.47. The SMILES string of the molecule is O=C(O)c1ccc(COc2cc(Br)cc(F)c2F)cc1F. The van der Waals surface area contributed by atoms with Crippen LogP contribution in [-0.4, -0.2) is 11.1 Å². The molecular formula is C14H8BrF3O3. The zero-order valence-electron chi connectivity index (χ0n) is 10.4. The van der Waals surface area contributed by atoms with Crippen LogP contribution in [0.5, 0.6) is 5.75 Å². The van der Waals surface area contributed by atoms with Gasteiger partial charge in [0.15, 0.2) is 11.6 Å². The van der Waals surface area contributed by atoms with Crippen molar-refractivity contribution in [3.63, 3.8) is 0 Å². The van der Waals surface area contributed by atoms with Gasteiger partial charge in [0.05, 0.1) is 5.56 Å². The predicted molar refractivity (Wildman–Crippen MR) is 71.7 cm³/mol. The minimum Gasteiger partial charge on any atom is -0.486 e. The molecule has 0 aliphatic heterocycles. The number of hydrogen-bond donors (Lipinski definition) is 1. The summed E-state index contributed by atoms with van der Waals surface area (Å²) < 4.78 is 45.5. The van der Waals surface area contributed by atoms with Gasteiger partial charge in [-0.25, -0.2) is 13.6 Å². The van der Waals surface area contributed by atoms with Crippen LogP contribution in [0, 0.1) is 17.5 Å². The molecule has 0 aliphatic carbocycles. The highest BCUT2D eigenvalue weighted by Crippen LogP contribution is 2.26. The van der Waals surface area contributed by atoms with Crippen molar-refractivity contribution in [2.45, 2.75) is 6.61 Å². The van der Waals surface area contributed by atoms with Crippen LogP contribution in [0.4, 0.5) is 13.2 Å². The van der Waals surface area contributed by atoms with Crippen molar-refractivity contribution in [1.29, 1.82) is 0 Å². The summed E-state index contributed by atoms with van der Waals surface area (Å²) in [5, 5.41) is 8.69. The fraction of sp³-hybridized carbons (Fsp3) is 0.0714. The highest BCUT2D eigenvalue weighted by atomic mass is 79.9. The van der Waals surface area contributed by atoms with Crippen molar-refractivity contribution in [3.8, 4) is 5.75 Å². The highest BCUT2D eigenvalue weighted by Gasteiger charge is 2.13. The van der Waals surface area contributed by atoms with E-state index in [4.69, 9.17) is 9.84 Å². The molecule has 21 heavy (non-hydrogen) atoms. The molecular weight excluding hydrogens is 353 g/mol. The molecule has 0 spiro atoms. The number of ether oxygens (including phenoxy) is 1. The molecule has 0 aliphatic rings. The zero-order chi connectivity index (χ0) is 15.6. The molecule has 0 radical (unpaired) electrons. The number of benzene rings is 2. The molecule has 0 saturated carbocycles. The van der Waals surface area contributed by atoms with Crippen LogP contribution in [0.2, 0.25) is 0 Å². The van der Waals surface area contributed by atoms with Crippen molar-refractivity contribution < 1.29 is 27.8 Å². The van der Waals surface area contributed by atoms with E-state index in [1.807, 2.05) is 0 Å². The summed E-state index contributed by atoms with van der Waals surface area (Å²) in [7, 11) is 0. The first kappa shape index (κ1) is 15.4. The summed E-state index contributed by atoms with van der Waals surface area (Å²) in [5.41, 5.74) is -0.185. The Morgan fingerprint density at radius 3 is 2.48 bits per heavy atom. The van der Waals surface area contributed by atoms with Crippen molar-refractivity contribution >= 4 is 21.9 Å². The molecule has 0 aromatic heterocycles. The maximum atomic E-state index is 13.5. The molecule has 3 nitrogen and oxygen atoms in total. The number of hydrogen-bond acceptors (Lipinski definition) is 2. The van der Waals surface area contributed by atoms with Gasteiger partial charge in [-0.05, 0) is 29.8 Å². The van der Waals surface area contributed by atoms with Crippen LogP contribution < -0.4 is 4.74 Å². The molecule has 2 rings (SSSR count). The first-order chi connectivity index (χ1) is 9.88. The third kappa shape index (κ3) is 3.55. The van der Waals surface area contributed by atoms with Crippen molar-refractivity contribution in [2.24, 2.45) is 0 Å². The average molecular weight is 361 g/mol. The molecule has 7 heteroatoms. The molecule has 2 aromatic rings. The summed E-state index contributed by atoms with van der Waals surface area (Å²) in [6, 6.07) is 5.56. The summed E-state index contributed by atoms with van der Waals surface area (Å²) >= 11 is 3.00. The predicted octanol–water partition coefficient (Wildman–Crippen LogP) is 4.14. The molecule has 2 aromatic carbocycles. The second-order valence-corrected chi connectivity index (χ2v) is 5.02. The first-order valence-electron chi connectivity index (χ1n) is 5.67. The molecule has 0 heterocycles. The molecule has 0 unspecified atom stereocenters. The van der Waals surface area contributed by atoms with Crippen LogP contribution in [0.25, 0.3) is 0 Å². The van der Waals surface area contributed by atoms with Gasteiger partial charge in [-0.1, -0.05) is 22.0 Å². The summed E-state index contributed by atoms with van der Waals surface area (Å²) in [6.07, 6.45) is 0. The van der Waals surface area contributed by atoms with E-state index >= 15 is 0 Å². The Kier molecular flexibility index (Phi) is 4.52. The van der Waals surface area contributed by atoms with Gasteiger partial charge >= 0.3 is 5.97 Å². The smallest absolute Gasteiger partial charge is 0.338 e. The number of carboxylic acid groups (broad SMARTS) is 1. The minimum atomic E-state index is -1.39. The molecule has 0 amide bonds. The summed E-state index contributed by atoms with van der Waals surface area (Å²) in [6.45, 7) is -0.233. The number of aromatic carboxylic acids is 1. The van der Waals surface area contributed by atoms with E-state index in [2.05, 4.69) is 15.9 Å². The monoisotopic (exact) mass is 360 g/mol. The van der Waals surface area contributed by atoms with E-state index in [0.717, 1.165) is 18.2 Å². The van der Waals surface area contributed by atoms with Crippen LogP contribution >= 0.6 is 15.9 Å². The topological polar surface area (TPSA) is 46.5 Å². The van der Waals surface area contributed by atoms with Gasteiger partial charge in [0.2, 0.25) is 5.82 Å². The normalized spacial score (nSPS) is 10.5. The maximum Gasteiger partial charge on any atom is 0.338 e. The Labute approximate surface area is 126 Å². The van der Waals surface area contributed by atoms with Gasteiger partial charge in [0, 0.05) is 4.47 Å². The third-order valence-corrected chi connectivity index (χ3v) is 3.08. The molecule has 1 N–H and O–H groups in total. The maximum absolute atomic E-state index is 13.5. The lowest BCUT2D eigenvalue weighted by molar-refractivity contribution is 0.0692. The summed E-state index contributed by atoms with van der Waals surface area (Å²) in [4.78, 5) is 10.7. The third-order valence-electron chi connectivity index (χ3n) is 2.62. The largest absolute Gasteiger partial charge is 0.486 e. The van der Waals surface area contributed by atoms with Gasteiger partial charge in [-0.2, -0.15) is 4.39 Å². The fourth-order valence-corrected chi connectivity index (χ4v) is 2.03. The highest BCUT2D eigenvalue weighted by molar-refractivity contribution is 9.10. The van der Waals surface area contributed by atoms with E-state index in [9.17, 15) is 18.0 Å². The number of halogens is 4. The van der Waals surface area contributed by atoms with Gasteiger partial charge in [-0.3, -0.25) is 0 Å². The van der Waals surface area contributed by atoms with E-state index in [1.165, 1.54) is 12.1 Å². The average Bonchev–Trinajstić information content (AvgIpc) is 2.40. The van der Waals surface area contributed by atoms with Crippen molar-refractivity contribution in [1.82, 2.24) is 0 Å². The molecule has 0 bridgehead atoms. The van der Waals surface area contributed by atoms with Crippen molar-refractivity contribution in [3.05, 3.63) is 63.4 Å². The van der Waals surface area contributed by atoms with Gasteiger partial charge < -0.3 is 9.84 Å². The van der Waals surface area contributed by atoms with Gasteiger partial charge in [0.25, 0.3) is 0 Å². The second kappa shape index (κ2) is 6.17. The molecule has 0 fully saturated rings. The zero-order valence-corrected chi connectivity index (χ0v) is 12.0. The van der Waals surface area contributed by atoms with Crippen LogP contribution in [0.3, 0.4) is 0 Å². The number of carboxylic acids is 1. The Bertz CT molecular complexity index is 704. The molecule has 0 atom stereocenters. The van der Waals surface area contributed by atoms with E-state index in [-0.39, 0.29) is 17.9 Å². The Morgan fingerprint density at radius 2 is 1.86 bits per heavy atom. The lowest BCUT2D eigenvalue weighted by Crippen LogP contribution is -2.03. The molecule has 110 valence electrons. The van der Waals surface area contributed by atoms with Gasteiger partial charge in [0.1, 0.15) is 12.4 Å². The van der Waals surface area contributed by atoms with Crippen LogP contribution in [-0.2, 0) is 6.61 Å². The Morgan fingerprint density at radius 1 is 1.14 bits per heavy atom. The lowest BCUT2D eigenvalue weighted by Gasteiger charge is -2.09. The summed E-state index contributed by atoms with van der Waals surface area (Å²) in [5.74, 6) is -4.87. The number of carbonyl (C=O) groups is 1. The van der Waals surface area contributed by atoms with Crippen molar-refractivity contribution in [2.75, 3.05) is 0 Å². The lowest BCUT2D eigenvalue weighted by atomic mass is 10.1. The minimum absolute atomic E-state index is 0.233. The van der Waals surface area contributed by atoms with Gasteiger partial charge in [-0.15, -0.1) is 0 Å². The standard InChI is InChI=1S/C14H8BrF3O3/c15-8-4-11(17)13(18)12(5-8)21-6-7-1-2-9(14(19)20)10(16)3-7/h1-5H,6H2,(H,19,20). The van der Waals surface area contributed by atoms with E-state index < -0.39 is 29.0 Å². The fourth-order valence-electron chi connectivity index (χ4n) is 1.62. The van der Waals surface area contributed by atoms with Crippen LogP contribution in [0.1, 0.15) is 15.9 Å². The van der Waals surface area contributed by atoms with E-state index in [1.54, 1.807) is 0 Å². The quantitative estimate of drug-likeness (QED) is 0.833. The second-order valence-electron chi connectivity index (χ2n) is 4.11.